The predicted molar refractivity (Wildman–Crippen MR) is 120 cm³/mol. The summed E-state index contributed by atoms with van der Waals surface area (Å²) in [7, 11) is 4.36. The van der Waals surface area contributed by atoms with Gasteiger partial charge in [0, 0.05) is 0 Å². The number of aromatic nitrogens is 1. The summed E-state index contributed by atoms with van der Waals surface area (Å²) < 4.78 is 18.1. The third kappa shape index (κ3) is 5.14. The van der Waals surface area contributed by atoms with E-state index in [9.17, 15) is 9.59 Å². The van der Waals surface area contributed by atoms with Gasteiger partial charge in [0.1, 0.15) is 18.0 Å². The van der Waals surface area contributed by atoms with Gasteiger partial charge in [-0.3, -0.25) is 9.59 Å². The fraction of sp³-hybridized carbons (Fsp3) is 0.348. The van der Waals surface area contributed by atoms with Gasteiger partial charge in [-0.2, -0.15) is 4.99 Å². The van der Waals surface area contributed by atoms with Crippen molar-refractivity contribution in [2.75, 3.05) is 21.3 Å². The average molecular weight is 443 g/mol. The highest BCUT2D eigenvalue weighted by atomic mass is 32.1. The first-order chi connectivity index (χ1) is 15.0. The van der Waals surface area contributed by atoms with E-state index >= 15 is 0 Å². The molecule has 7 nitrogen and oxygen atoms in total. The van der Waals surface area contributed by atoms with E-state index in [4.69, 9.17) is 14.2 Å². The molecule has 0 saturated carbocycles. The van der Waals surface area contributed by atoms with E-state index in [0.29, 0.717) is 16.3 Å². The van der Waals surface area contributed by atoms with Gasteiger partial charge in [0.05, 0.1) is 37.1 Å². The minimum Gasteiger partial charge on any atom is -0.497 e. The summed E-state index contributed by atoms with van der Waals surface area (Å²) in [5.74, 6) is 0.0328. The second-order valence-electron chi connectivity index (χ2n) is 6.94. The fourth-order valence-electron chi connectivity index (χ4n) is 3.21. The Hall–Kier alpha value is -3.13. The lowest BCUT2D eigenvalue weighted by atomic mass is 10.1. The van der Waals surface area contributed by atoms with Crippen LogP contribution in [0.15, 0.2) is 41.4 Å². The lowest BCUT2D eigenvalue weighted by molar-refractivity contribution is -0.141. The van der Waals surface area contributed by atoms with E-state index in [2.05, 4.69) is 24.0 Å². The van der Waals surface area contributed by atoms with Crippen molar-refractivity contribution in [2.24, 2.45) is 4.99 Å². The molecule has 0 radical (unpaired) electrons. The number of thiazole rings is 1. The van der Waals surface area contributed by atoms with Gasteiger partial charge in [-0.05, 0) is 48.7 Å². The molecule has 0 spiro atoms. The molecule has 164 valence electrons. The van der Waals surface area contributed by atoms with E-state index in [1.807, 2.05) is 6.07 Å². The van der Waals surface area contributed by atoms with Crippen molar-refractivity contribution in [2.45, 2.75) is 32.7 Å². The maximum atomic E-state index is 13.0. The molecule has 3 aromatic rings. The number of benzene rings is 2. The monoisotopic (exact) mass is 442 g/mol. The standard InChI is InChI=1S/C23H26N2O5S/c1-5-6-7-15-8-10-18-20(12-15)31-23(25(18)14-21(26)30-4)24-22(27)17-13-16(28-2)9-11-19(17)29-3/h8-13H,5-7,14H2,1-4H3. The molecule has 3 rings (SSSR count). The molecule has 0 bridgehead atoms. The molecule has 8 heteroatoms. The average Bonchev–Trinajstić information content (AvgIpc) is 3.12. The van der Waals surface area contributed by atoms with Crippen molar-refractivity contribution in [1.29, 1.82) is 0 Å². The number of rotatable bonds is 8. The molecule has 0 aliphatic heterocycles. The quantitative estimate of drug-likeness (QED) is 0.493. The van der Waals surface area contributed by atoms with E-state index in [-0.39, 0.29) is 12.1 Å². The van der Waals surface area contributed by atoms with Crippen LogP contribution in [0, 0.1) is 0 Å². The van der Waals surface area contributed by atoms with Crippen LogP contribution in [-0.2, 0) is 22.5 Å². The van der Waals surface area contributed by atoms with Crippen LogP contribution in [0.25, 0.3) is 10.2 Å². The van der Waals surface area contributed by atoms with Crippen LogP contribution in [0.4, 0.5) is 0 Å². The highest BCUT2D eigenvalue weighted by Crippen LogP contribution is 2.25. The Balaban J connectivity index is 2.12. The first-order valence-corrected chi connectivity index (χ1v) is 10.8. The van der Waals surface area contributed by atoms with Gasteiger partial charge >= 0.3 is 5.97 Å². The Morgan fingerprint density at radius 1 is 1.06 bits per heavy atom. The van der Waals surface area contributed by atoms with E-state index < -0.39 is 11.9 Å². The zero-order valence-electron chi connectivity index (χ0n) is 18.1. The maximum absolute atomic E-state index is 13.0. The molecule has 1 heterocycles. The highest BCUT2D eigenvalue weighted by Gasteiger charge is 2.16. The van der Waals surface area contributed by atoms with Crippen LogP contribution in [-0.4, -0.2) is 37.8 Å². The topological polar surface area (TPSA) is 79.1 Å². The van der Waals surface area contributed by atoms with Crippen molar-refractivity contribution in [3.63, 3.8) is 0 Å². The number of carbonyl (C=O) groups is 2. The number of esters is 1. The van der Waals surface area contributed by atoms with Crippen LogP contribution < -0.4 is 14.3 Å². The lowest BCUT2D eigenvalue weighted by Gasteiger charge is -2.07. The number of carbonyl (C=O) groups excluding carboxylic acids is 2. The Morgan fingerprint density at radius 3 is 2.55 bits per heavy atom. The Morgan fingerprint density at radius 2 is 1.87 bits per heavy atom. The van der Waals surface area contributed by atoms with Crippen molar-refractivity contribution in [3.8, 4) is 11.5 Å². The molecule has 0 aliphatic carbocycles. The van der Waals surface area contributed by atoms with Gasteiger partial charge in [0.15, 0.2) is 4.80 Å². The van der Waals surface area contributed by atoms with Crippen molar-refractivity contribution < 1.29 is 23.8 Å². The number of nitrogens with zero attached hydrogens (tertiary/aromatic N) is 2. The molecule has 0 unspecified atom stereocenters. The number of ether oxygens (including phenoxy) is 3. The third-order valence-electron chi connectivity index (χ3n) is 4.92. The minimum atomic E-state index is -0.480. The molecular weight excluding hydrogens is 416 g/mol. The summed E-state index contributed by atoms with van der Waals surface area (Å²) in [5, 5.41) is 0. The molecule has 0 aliphatic rings. The lowest BCUT2D eigenvalue weighted by Crippen LogP contribution is -2.22. The number of unbranched alkanes of at least 4 members (excludes halogenated alkanes) is 1. The summed E-state index contributed by atoms with van der Waals surface area (Å²) in [5.41, 5.74) is 2.33. The molecule has 31 heavy (non-hydrogen) atoms. The molecule has 2 aromatic carbocycles. The van der Waals surface area contributed by atoms with Crippen molar-refractivity contribution in [3.05, 3.63) is 52.3 Å². The normalized spacial score (nSPS) is 11.5. The van der Waals surface area contributed by atoms with Gasteiger partial charge in [-0.1, -0.05) is 30.7 Å². The smallest absolute Gasteiger partial charge is 0.325 e. The number of hydrogen-bond acceptors (Lipinski definition) is 6. The zero-order valence-corrected chi connectivity index (χ0v) is 19.0. The van der Waals surface area contributed by atoms with Crippen LogP contribution in [0.3, 0.4) is 0 Å². The van der Waals surface area contributed by atoms with Crippen molar-refractivity contribution in [1.82, 2.24) is 4.57 Å². The molecule has 0 atom stereocenters. The van der Waals surface area contributed by atoms with Gasteiger partial charge < -0.3 is 18.8 Å². The minimum absolute atomic E-state index is 0.0355. The summed E-state index contributed by atoms with van der Waals surface area (Å²) in [6.07, 6.45) is 3.19. The Kier molecular flexibility index (Phi) is 7.46. The Bertz CT molecular complexity index is 1160. The van der Waals surface area contributed by atoms with E-state index in [1.54, 1.807) is 22.8 Å². The molecular formula is C23H26N2O5S. The third-order valence-corrected chi connectivity index (χ3v) is 5.96. The highest BCUT2D eigenvalue weighted by molar-refractivity contribution is 7.16. The molecule has 1 aromatic heterocycles. The molecule has 0 saturated heterocycles. The fourth-order valence-corrected chi connectivity index (χ4v) is 4.31. The second kappa shape index (κ2) is 10.3. The summed E-state index contributed by atoms with van der Waals surface area (Å²) in [6.45, 7) is 2.12. The largest absolute Gasteiger partial charge is 0.497 e. The van der Waals surface area contributed by atoms with Crippen LogP contribution in [0.2, 0.25) is 0 Å². The number of methoxy groups -OCH3 is 3. The van der Waals surface area contributed by atoms with E-state index in [1.165, 1.54) is 38.2 Å². The maximum Gasteiger partial charge on any atom is 0.325 e. The molecule has 0 fully saturated rings. The van der Waals surface area contributed by atoms with Crippen LogP contribution in [0.1, 0.15) is 35.7 Å². The Labute approximate surface area is 184 Å². The van der Waals surface area contributed by atoms with Gasteiger partial charge in [-0.25, -0.2) is 0 Å². The van der Waals surface area contributed by atoms with Gasteiger partial charge in [-0.15, -0.1) is 0 Å². The first-order valence-electron chi connectivity index (χ1n) is 10.0. The number of fused-ring (bicyclic) bond motifs is 1. The van der Waals surface area contributed by atoms with Gasteiger partial charge in [0.2, 0.25) is 0 Å². The number of amides is 1. The van der Waals surface area contributed by atoms with Gasteiger partial charge in [0.25, 0.3) is 5.91 Å². The summed E-state index contributed by atoms with van der Waals surface area (Å²) in [6, 6.07) is 11.1. The summed E-state index contributed by atoms with van der Waals surface area (Å²) in [4.78, 5) is 29.8. The predicted octanol–water partition coefficient (Wildman–Crippen LogP) is 3.98. The van der Waals surface area contributed by atoms with Crippen molar-refractivity contribution >= 4 is 33.4 Å². The molecule has 1 amide bonds. The molecule has 0 N–H and O–H groups in total. The zero-order chi connectivity index (χ0) is 22.4. The SMILES string of the molecule is CCCCc1ccc2c(c1)sc(=NC(=O)c1cc(OC)ccc1OC)n2CC(=O)OC. The van der Waals surface area contributed by atoms with Crippen LogP contribution >= 0.6 is 11.3 Å². The van der Waals surface area contributed by atoms with E-state index in [0.717, 1.165) is 29.5 Å². The second-order valence-corrected chi connectivity index (χ2v) is 7.94. The first kappa shape index (κ1) is 22.6. The number of aryl methyl sites for hydroxylation is 1. The van der Waals surface area contributed by atoms with Crippen LogP contribution in [0.5, 0.6) is 11.5 Å². The number of hydrogen-bond donors (Lipinski definition) is 0. The summed E-state index contributed by atoms with van der Waals surface area (Å²) >= 11 is 1.37.